The Morgan fingerprint density at radius 3 is 2.27 bits per heavy atom. The van der Waals surface area contributed by atoms with Gasteiger partial charge >= 0.3 is 6.18 Å². The molecule has 3 fully saturated rings. The maximum atomic E-state index is 14.2. The number of pyridine rings is 1. The van der Waals surface area contributed by atoms with Crippen molar-refractivity contribution in [2.75, 3.05) is 82.7 Å². The van der Waals surface area contributed by atoms with Gasteiger partial charge in [-0.2, -0.15) is 13.2 Å². The van der Waals surface area contributed by atoms with Crippen LogP contribution < -0.4 is 26.4 Å². The highest BCUT2D eigenvalue weighted by Gasteiger charge is 2.44. The summed E-state index contributed by atoms with van der Waals surface area (Å²) < 4.78 is 47.5. The largest absolute Gasteiger partial charge is 0.417 e. The highest BCUT2D eigenvalue weighted by molar-refractivity contribution is 7.13. The summed E-state index contributed by atoms with van der Waals surface area (Å²) in [5.74, 6) is -2.47. The maximum absolute atomic E-state index is 14.2. The van der Waals surface area contributed by atoms with E-state index in [0.29, 0.717) is 106 Å². The molecule has 0 bridgehead atoms. The molecule has 3 aliphatic heterocycles. The van der Waals surface area contributed by atoms with Gasteiger partial charge in [-0.05, 0) is 85.7 Å². The van der Waals surface area contributed by atoms with E-state index in [1.54, 1.807) is 24.6 Å². The Kier molecular flexibility index (Phi) is 20.6. The van der Waals surface area contributed by atoms with Gasteiger partial charge in [-0.25, -0.2) is 4.98 Å². The average Bonchev–Trinajstić information content (AvgIpc) is 4.29. The number of carbonyl (C=O) groups is 5. The first kappa shape index (κ1) is 62.8. The molecule has 5 N–H and O–H groups in total. The molecule has 5 amide bonds. The Morgan fingerprint density at radius 2 is 1.58 bits per heavy atom. The third-order valence-electron chi connectivity index (χ3n) is 16.4. The molecule has 23 heteroatoms. The van der Waals surface area contributed by atoms with Crippen molar-refractivity contribution in [3.05, 3.63) is 140 Å². The van der Waals surface area contributed by atoms with Crippen LogP contribution in [0.2, 0.25) is 0 Å². The monoisotopic (exact) mass is 1200 g/mol. The summed E-state index contributed by atoms with van der Waals surface area (Å²) in [6.07, 6.45) is -1.64. The number of piperazine rings is 2. The first-order valence-electron chi connectivity index (χ1n) is 29.5. The lowest BCUT2D eigenvalue weighted by atomic mass is 9.91. The first-order valence-corrected chi connectivity index (χ1v) is 30.3. The van der Waals surface area contributed by atoms with Gasteiger partial charge in [0.1, 0.15) is 17.7 Å². The van der Waals surface area contributed by atoms with Crippen LogP contribution in [0.25, 0.3) is 21.6 Å². The van der Waals surface area contributed by atoms with Gasteiger partial charge in [-0.1, -0.05) is 80.4 Å². The summed E-state index contributed by atoms with van der Waals surface area (Å²) in [6, 6.07) is 21.6. The number of aliphatic hydroxyl groups excluding tert-OH is 1. The number of aromatic amines is 1. The van der Waals surface area contributed by atoms with E-state index in [1.807, 2.05) is 87.3 Å². The molecule has 3 aromatic carbocycles. The van der Waals surface area contributed by atoms with Gasteiger partial charge in [0.2, 0.25) is 29.2 Å². The summed E-state index contributed by atoms with van der Waals surface area (Å²) in [5.41, 5.74) is 5.67. The lowest BCUT2D eigenvalue weighted by molar-refractivity contribution is -0.141. The Labute approximate surface area is 502 Å². The Balaban J connectivity index is 0.736. The zero-order valence-corrected chi connectivity index (χ0v) is 50.1. The molecular formula is C63H76F3N11O8S. The number of H-pyrrole nitrogens is 1. The van der Waals surface area contributed by atoms with E-state index in [0.717, 1.165) is 65.0 Å². The van der Waals surface area contributed by atoms with Crippen LogP contribution in [0.3, 0.4) is 0 Å². The number of β-amino-alcohol motifs (C(OH)–C–C–N with tert-alkyl or cyclic N) is 1. The number of anilines is 2. The van der Waals surface area contributed by atoms with Gasteiger partial charge in [0, 0.05) is 103 Å². The second-order valence-corrected chi connectivity index (χ2v) is 24.0. The van der Waals surface area contributed by atoms with Crippen molar-refractivity contribution in [3.8, 4) is 21.6 Å². The smallest absolute Gasteiger partial charge is 0.391 e. The molecule has 0 unspecified atom stereocenters. The minimum atomic E-state index is -4.92. The highest BCUT2D eigenvalue weighted by Crippen LogP contribution is 2.37. The Hall–Kier alpha value is -7.73. The number of unbranched alkanes of at least 4 members (excludes halogenated alkanes) is 3. The van der Waals surface area contributed by atoms with Gasteiger partial charge in [0.15, 0.2) is 0 Å². The van der Waals surface area contributed by atoms with Crippen LogP contribution in [0.1, 0.15) is 115 Å². The lowest BCUT2D eigenvalue weighted by Crippen LogP contribution is -2.49. The molecule has 4 atom stereocenters. The molecule has 86 heavy (non-hydrogen) atoms. The number of nitrogens with one attached hydrogen (secondary N) is 4. The molecular weight excluding hydrogens is 1130 g/mol. The van der Waals surface area contributed by atoms with Crippen molar-refractivity contribution in [2.24, 2.45) is 5.92 Å². The summed E-state index contributed by atoms with van der Waals surface area (Å²) in [7, 11) is 2.01. The number of aliphatic hydroxyl groups is 1. The number of alkyl halides is 3. The molecule has 3 aliphatic rings. The first-order chi connectivity index (χ1) is 41.2. The number of rotatable bonds is 22. The number of nitrogens with zero attached hydrogens (tertiary/aromatic N) is 7. The third kappa shape index (κ3) is 15.8. The number of aryl methyl sites for hydroxylation is 2. The predicted octanol–water partition coefficient (Wildman–Crippen LogP) is 8.15. The van der Waals surface area contributed by atoms with Crippen LogP contribution in [0, 0.1) is 19.8 Å². The topological polar surface area (TPSA) is 230 Å². The summed E-state index contributed by atoms with van der Waals surface area (Å²) >= 11 is 1.52. The maximum Gasteiger partial charge on any atom is 0.417 e. The van der Waals surface area contributed by atoms with Crippen molar-refractivity contribution in [1.29, 1.82) is 0 Å². The molecule has 3 saturated heterocycles. The van der Waals surface area contributed by atoms with Crippen LogP contribution in [-0.4, -0.2) is 154 Å². The lowest BCUT2D eigenvalue weighted by Gasteiger charge is -2.35. The normalized spacial score (nSPS) is 17.6. The van der Waals surface area contributed by atoms with Crippen LogP contribution in [0.15, 0.2) is 99.9 Å². The average molecular weight is 1200 g/mol. The molecule has 0 saturated carbocycles. The molecule has 19 nitrogen and oxygen atoms in total. The number of aromatic nitrogens is 3. The molecule has 458 valence electrons. The van der Waals surface area contributed by atoms with E-state index in [2.05, 4.69) is 51.8 Å². The van der Waals surface area contributed by atoms with E-state index >= 15 is 0 Å². The highest BCUT2D eigenvalue weighted by atomic mass is 32.1. The van der Waals surface area contributed by atoms with Crippen molar-refractivity contribution in [3.63, 3.8) is 0 Å². The molecule has 0 radical (unpaired) electrons. The minimum Gasteiger partial charge on any atom is -0.391 e. The second kappa shape index (κ2) is 28.2. The van der Waals surface area contributed by atoms with Crippen LogP contribution >= 0.6 is 11.3 Å². The number of carbonyl (C=O) groups excluding carboxylic acids is 5. The number of amides is 5. The van der Waals surface area contributed by atoms with Gasteiger partial charge in [0.05, 0.1) is 62.8 Å². The molecule has 3 aromatic heterocycles. The van der Waals surface area contributed by atoms with E-state index < -0.39 is 58.8 Å². The molecule has 6 aromatic rings. The fourth-order valence-corrected chi connectivity index (χ4v) is 12.4. The quantitative estimate of drug-likeness (QED) is 0.0405. The fraction of sp³-hybridized carbons (Fsp3) is 0.460. The molecule has 0 spiro atoms. The third-order valence-corrected chi connectivity index (χ3v) is 17.3. The van der Waals surface area contributed by atoms with E-state index in [4.69, 9.17) is 4.52 Å². The zero-order chi connectivity index (χ0) is 61.2. The fourth-order valence-electron chi connectivity index (χ4n) is 11.6. The van der Waals surface area contributed by atoms with Crippen LogP contribution in [0.4, 0.5) is 24.5 Å². The number of thiazole rings is 1. The minimum absolute atomic E-state index is 0.0208. The predicted molar refractivity (Wildman–Crippen MR) is 322 cm³/mol. The standard InChI is InChI=1S/C63H76F3N11O8S/c1-39(2)58(54-29-40(3)72-85-54)62(84)77-37-47(78)32-53(77)61(83)70-50(43-14-16-44(17-15-43)59-41(4)69-38-86-59)34-56(80)67-20-9-7-6-8-13-57(81)76-27-23-74(24-28-76)36-42-11-10-12-45(30-42)46-18-19-52(75-25-21-73(5)22-26-75)51(31-46)71-60(82)48-35-68-55(79)33-49(48)63(64,65)66/h10-12,14-19,29-31,33,35,38-39,47,50,53,58,78H,6-9,13,20-28,32,34,36-37H2,1-5H3,(H,67,80)(H,68,79)(H,70,83)(H,71,82)/t47-,50+,53+,58-/m1/s1. The number of likely N-dealkylation sites (tertiary alicyclic amines) is 1. The van der Waals surface area contributed by atoms with Crippen molar-refractivity contribution in [1.82, 2.24) is 45.4 Å². The summed E-state index contributed by atoms with van der Waals surface area (Å²) in [6.45, 7) is 13.9. The van der Waals surface area contributed by atoms with E-state index in [9.17, 15) is 47.0 Å². The number of likely N-dealkylation sites (N-methyl/N-ethyl adjacent to an activating group) is 1. The van der Waals surface area contributed by atoms with Crippen LogP contribution in [-0.2, 0) is 31.9 Å². The van der Waals surface area contributed by atoms with Gasteiger partial charge in [-0.3, -0.25) is 33.7 Å². The number of hydrogen-bond acceptors (Lipinski definition) is 14. The van der Waals surface area contributed by atoms with Crippen molar-refractivity contribution in [2.45, 2.75) is 109 Å². The number of halogens is 3. The Bertz CT molecular complexity index is 3410. The van der Waals surface area contributed by atoms with Gasteiger partial charge in [0.25, 0.3) is 5.91 Å². The van der Waals surface area contributed by atoms with Crippen LogP contribution in [0.5, 0.6) is 0 Å². The summed E-state index contributed by atoms with van der Waals surface area (Å²) in [5, 5.41) is 23.6. The van der Waals surface area contributed by atoms with Crippen molar-refractivity contribution >= 4 is 52.2 Å². The van der Waals surface area contributed by atoms with Crippen molar-refractivity contribution < 1.29 is 46.8 Å². The van der Waals surface area contributed by atoms with Gasteiger partial charge in [-0.15, -0.1) is 11.3 Å². The molecule has 6 heterocycles. The van der Waals surface area contributed by atoms with Gasteiger partial charge < -0.3 is 50.2 Å². The zero-order valence-electron chi connectivity index (χ0n) is 49.3. The second-order valence-electron chi connectivity index (χ2n) is 23.1. The molecule has 0 aliphatic carbocycles. The van der Waals surface area contributed by atoms with E-state index in [1.165, 1.54) is 16.2 Å². The number of benzene rings is 3. The molecule has 9 rings (SSSR count). The van der Waals surface area contributed by atoms with E-state index in [-0.39, 0.29) is 43.0 Å². The Morgan fingerprint density at radius 1 is 0.860 bits per heavy atom. The summed E-state index contributed by atoms with van der Waals surface area (Å²) in [4.78, 5) is 98.2. The SMILES string of the molecule is Cc1cc([C@H](C(=O)N2C[C@H](O)C[C@H]2C(=O)N[C@@H](CC(=O)NCCCCCCC(=O)N2CCN(Cc3cccc(-c4ccc(N5CCN(C)CC5)c(NC(=O)c5c[nH]c(=O)cc5C(F)(F)F)c4)c3)CC2)c2ccc(-c3scnc3C)cc2)C(C)C)on1. The number of hydrogen-bond donors (Lipinski definition) is 5.